The number of anilines is 1. The van der Waals surface area contributed by atoms with Crippen molar-refractivity contribution in [1.29, 1.82) is 0 Å². The predicted octanol–water partition coefficient (Wildman–Crippen LogP) is 4.59. The summed E-state index contributed by atoms with van der Waals surface area (Å²) in [6.07, 6.45) is 3.65. The van der Waals surface area contributed by atoms with Crippen molar-refractivity contribution in [1.82, 2.24) is 14.1 Å². The van der Waals surface area contributed by atoms with Gasteiger partial charge in [0.1, 0.15) is 11.5 Å². The van der Waals surface area contributed by atoms with Crippen LogP contribution in [-0.2, 0) is 14.1 Å². The number of imidazole rings is 1. The Kier molecular flexibility index (Phi) is 4.12. The van der Waals surface area contributed by atoms with Gasteiger partial charge in [-0.2, -0.15) is 0 Å². The number of benzene rings is 2. The van der Waals surface area contributed by atoms with E-state index in [9.17, 15) is 4.79 Å². The lowest BCUT2D eigenvalue weighted by Gasteiger charge is -2.09. The number of halogens is 1. The smallest absolute Gasteiger partial charge is 0.273 e. The molecule has 130 valence electrons. The number of hydrogen-bond donors (Lipinski definition) is 1. The van der Waals surface area contributed by atoms with Gasteiger partial charge in [0, 0.05) is 48.6 Å². The molecule has 5 nitrogen and oxygen atoms in total. The molecule has 0 saturated heterocycles. The van der Waals surface area contributed by atoms with E-state index in [2.05, 4.69) is 26.2 Å². The number of rotatable bonds is 3. The second-order valence-electron chi connectivity index (χ2n) is 6.14. The number of aryl methyl sites for hydroxylation is 2. The molecule has 0 bridgehead atoms. The minimum absolute atomic E-state index is 0.160. The molecule has 2 heterocycles. The van der Waals surface area contributed by atoms with Crippen LogP contribution in [0.4, 0.5) is 5.69 Å². The molecule has 0 aliphatic heterocycles. The molecule has 0 radical (unpaired) electrons. The number of amides is 1. The number of hydrogen-bond acceptors (Lipinski definition) is 2. The molecule has 0 atom stereocenters. The van der Waals surface area contributed by atoms with Crippen molar-refractivity contribution < 1.29 is 4.79 Å². The van der Waals surface area contributed by atoms with Gasteiger partial charge >= 0.3 is 0 Å². The molecule has 0 fully saturated rings. The fourth-order valence-electron chi connectivity index (χ4n) is 3.17. The Labute approximate surface area is 159 Å². The van der Waals surface area contributed by atoms with Crippen molar-refractivity contribution in [3.8, 4) is 11.4 Å². The van der Waals surface area contributed by atoms with Crippen LogP contribution in [0.25, 0.3) is 22.3 Å². The lowest BCUT2D eigenvalue weighted by molar-refractivity contribution is 0.101. The van der Waals surface area contributed by atoms with Gasteiger partial charge in [0.25, 0.3) is 5.91 Å². The third-order valence-corrected chi connectivity index (χ3v) is 5.26. The zero-order chi connectivity index (χ0) is 18.3. The molecule has 0 saturated carbocycles. The lowest BCUT2D eigenvalue weighted by Crippen LogP contribution is -2.16. The maximum Gasteiger partial charge on any atom is 0.273 e. The second-order valence-corrected chi connectivity index (χ2v) is 6.93. The summed E-state index contributed by atoms with van der Waals surface area (Å²) in [4.78, 5) is 17.3. The summed E-state index contributed by atoms with van der Waals surface area (Å²) < 4.78 is 4.65. The first-order valence-corrected chi connectivity index (χ1v) is 8.97. The maximum atomic E-state index is 12.9. The van der Waals surface area contributed by atoms with Crippen molar-refractivity contribution in [3.63, 3.8) is 0 Å². The van der Waals surface area contributed by atoms with Crippen LogP contribution in [0.3, 0.4) is 0 Å². The van der Waals surface area contributed by atoms with Gasteiger partial charge in [0.15, 0.2) is 0 Å². The van der Waals surface area contributed by atoms with Crippen LogP contribution in [-0.4, -0.2) is 20.0 Å². The van der Waals surface area contributed by atoms with E-state index in [1.165, 1.54) is 0 Å². The van der Waals surface area contributed by atoms with Gasteiger partial charge < -0.3 is 14.5 Å². The van der Waals surface area contributed by atoms with Crippen LogP contribution in [0, 0.1) is 0 Å². The Morgan fingerprint density at radius 2 is 1.92 bits per heavy atom. The molecule has 1 amide bonds. The van der Waals surface area contributed by atoms with E-state index in [1.807, 2.05) is 78.0 Å². The normalized spacial score (nSPS) is 11.0. The molecule has 1 N–H and O–H groups in total. The summed E-state index contributed by atoms with van der Waals surface area (Å²) in [6, 6.07) is 15.6. The van der Waals surface area contributed by atoms with Crippen molar-refractivity contribution in [2.24, 2.45) is 14.1 Å². The quantitative estimate of drug-likeness (QED) is 0.538. The van der Waals surface area contributed by atoms with Crippen LogP contribution in [0.15, 0.2) is 65.4 Å². The minimum atomic E-state index is -0.160. The van der Waals surface area contributed by atoms with E-state index in [0.717, 1.165) is 32.5 Å². The first kappa shape index (κ1) is 16.6. The second kappa shape index (κ2) is 6.46. The van der Waals surface area contributed by atoms with Crippen LogP contribution < -0.4 is 5.32 Å². The fourth-order valence-corrected chi connectivity index (χ4v) is 3.95. The maximum absolute atomic E-state index is 12.9. The molecule has 4 aromatic rings. The van der Waals surface area contributed by atoms with E-state index >= 15 is 0 Å². The Balaban J connectivity index is 1.69. The van der Waals surface area contributed by atoms with E-state index in [4.69, 9.17) is 0 Å². The van der Waals surface area contributed by atoms with Crippen LogP contribution in [0.2, 0.25) is 0 Å². The minimum Gasteiger partial charge on any atom is -0.339 e. The molecular formula is C20H17BrN4O. The van der Waals surface area contributed by atoms with E-state index in [1.54, 1.807) is 6.20 Å². The summed E-state index contributed by atoms with van der Waals surface area (Å²) in [5, 5.41) is 4.01. The van der Waals surface area contributed by atoms with Gasteiger partial charge in [-0.25, -0.2) is 4.98 Å². The third kappa shape index (κ3) is 2.72. The number of nitrogens with one attached hydrogen (secondary N) is 1. The predicted molar refractivity (Wildman–Crippen MR) is 107 cm³/mol. The summed E-state index contributed by atoms with van der Waals surface area (Å²) in [7, 11) is 3.84. The topological polar surface area (TPSA) is 51.9 Å². The van der Waals surface area contributed by atoms with Gasteiger partial charge in [-0.15, -0.1) is 0 Å². The van der Waals surface area contributed by atoms with Crippen molar-refractivity contribution in [2.75, 3.05) is 5.32 Å². The molecular weight excluding hydrogens is 392 g/mol. The number of fused-ring (bicyclic) bond motifs is 1. The Morgan fingerprint density at radius 3 is 2.65 bits per heavy atom. The average molecular weight is 409 g/mol. The number of nitrogens with zero attached hydrogens (tertiary/aromatic N) is 3. The van der Waals surface area contributed by atoms with E-state index < -0.39 is 0 Å². The Hall–Kier alpha value is -2.86. The summed E-state index contributed by atoms with van der Waals surface area (Å²) in [5.41, 5.74) is 3.28. The number of carbonyl (C=O) groups excluding carboxylic acids is 1. The zero-order valence-corrected chi connectivity index (χ0v) is 16.0. The lowest BCUT2D eigenvalue weighted by atomic mass is 10.2. The summed E-state index contributed by atoms with van der Waals surface area (Å²) >= 11 is 3.58. The molecule has 0 aliphatic rings. The third-order valence-electron chi connectivity index (χ3n) is 4.46. The summed E-state index contributed by atoms with van der Waals surface area (Å²) in [5.74, 6) is 0.694. The van der Waals surface area contributed by atoms with Gasteiger partial charge in [0.05, 0.1) is 4.47 Å². The van der Waals surface area contributed by atoms with E-state index in [0.29, 0.717) is 5.69 Å². The molecule has 2 aromatic carbocycles. The van der Waals surface area contributed by atoms with Crippen LogP contribution in [0.5, 0.6) is 0 Å². The molecule has 2 aromatic heterocycles. The molecule has 6 heteroatoms. The van der Waals surface area contributed by atoms with Crippen molar-refractivity contribution in [3.05, 3.63) is 71.1 Å². The molecule has 26 heavy (non-hydrogen) atoms. The van der Waals surface area contributed by atoms with Crippen LogP contribution >= 0.6 is 15.9 Å². The zero-order valence-electron chi connectivity index (χ0n) is 14.4. The molecule has 0 aliphatic carbocycles. The number of para-hydroxylation sites is 1. The largest absolute Gasteiger partial charge is 0.339 e. The van der Waals surface area contributed by atoms with Crippen molar-refractivity contribution in [2.45, 2.75) is 0 Å². The molecule has 4 rings (SSSR count). The van der Waals surface area contributed by atoms with Gasteiger partial charge in [-0.1, -0.05) is 30.3 Å². The van der Waals surface area contributed by atoms with Gasteiger partial charge in [0.2, 0.25) is 0 Å². The van der Waals surface area contributed by atoms with E-state index in [-0.39, 0.29) is 5.91 Å². The highest BCUT2D eigenvalue weighted by Gasteiger charge is 2.19. The van der Waals surface area contributed by atoms with Gasteiger partial charge in [-0.05, 0) is 34.1 Å². The van der Waals surface area contributed by atoms with Crippen LogP contribution in [0.1, 0.15) is 10.5 Å². The number of carbonyl (C=O) groups is 1. The number of aromatic nitrogens is 3. The van der Waals surface area contributed by atoms with Crippen molar-refractivity contribution >= 4 is 38.4 Å². The van der Waals surface area contributed by atoms with Gasteiger partial charge in [-0.3, -0.25) is 4.79 Å². The fraction of sp³-hybridized carbons (Fsp3) is 0.100. The highest BCUT2D eigenvalue weighted by molar-refractivity contribution is 9.10. The summed E-state index contributed by atoms with van der Waals surface area (Å²) in [6.45, 7) is 0. The highest BCUT2D eigenvalue weighted by Crippen LogP contribution is 2.31. The average Bonchev–Trinajstić information content (AvgIpc) is 3.17. The highest BCUT2D eigenvalue weighted by atomic mass is 79.9. The first-order valence-electron chi connectivity index (χ1n) is 8.18. The SMILES string of the molecule is Cn1ccnc1-c1cccc(NC(=O)c2c(Br)c3ccccc3n2C)c1. The standard InChI is InChI=1S/C20H17BrN4O/c1-24-11-10-22-19(24)13-6-5-7-14(12-13)23-20(26)18-17(21)15-8-3-4-9-16(15)25(18)2/h3-12H,1-2H3,(H,23,26). The first-order chi connectivity index (χ1) is 12.6. The Bertz CT molecular complexity index is 1090. The molecule has 0 spiro atoms. The molecule has 0 unspecified atom stereocenters. The Morgan fingerprint density at radius 1 is 1.12 bits per heavy atom. The monoisotopic (exact) mass is 408 g/mol.